The molecule has 1 N–H and O–H groups in total. The van der Waals surface area contributed by atoms with Crippen LogP contribution in [-0.2, 0) is 6.54 Å². The van der Waals surface area contributed by atoms with Crippen LogP contribution in [0, 0.1) is 6.92 Å². The minimum absolute atomic E-state index is 0. The molecule has 0 aromatic heterocycles. The van der Waals surface area contributed by atoms with E-state index >= 15 is 0 Å². The molecule has 0 aliphatic heterocycles. The van der Waals surface area contributed by atoms with Gasteiger partial charge < -0.3 is 10.2 Å². The lowest BCUT2D eigenvalue weighted by atomic mass is 10.1. The smallest absolute Gasteiger partial charge is 0.0205 e. The highest BCUT2D eigenvalue weighted by atomic mass is 35.5. The van der Waals surface area contributed by atoms with Gasteiger partial charge in [0, 0.05) is 6.54 Å². The minimum Gasteiger partial charge on any atom is -0.313 e. The maximum absolute atomic E-state index is 3.45. The summed E-state index contributed by atoms with van der Waals surface area (Å²) in [4.78, 5) is 2.22. The topological polar surface area (TPSA) is 15.3 Å². The van der Waals surface area contributed by atoms with Gasteiger partial charge in [-0.25, -0.2) is 0 Å². The summed E-state index contributed by atoms with van der Waals surface area (Å²) in [5.41, 5.74) is 2.69. The van der Waals surface area contributed by atoms with Crippen molar-refractivity contribution >= 4 is 24.8 Å². The van der Waals surface area contributed by atoms with Crippen molar-refractivity contribution in [2.45, 2.75) is 19.9 Å². The molecule has 0 spiro atoms. The van der Waals surface area contributed by atoms with Crippen molar-refractivity contribution in [3.63, 3.8) is 0 Å². The molecule has 4 heteroatoms. The standard InChI is InChI=1S/C13H22N2.2ClH/c1-12-5-7-13(8-6-12)11-14-9-4-10-15(2)3;;/h5-8,14H,4,9-11H2,1-3H3;2*1H. The van der Waals surface area contributed by atoms with Crippen molar-refractivity contribution < 1.29 is 0 Å². The average molecular weight is 279 g/mol. The lowest BCUT2D eigenvalue weighted by Crippen LogP contribution is -2.20. The highest BCUT2D eigenvalue weighted by molar-refractivity contribution is 5.85. The van der Waals surface area contributed by atoms with Crippen LogP contribution in [0.25, 0.3) is 0 Å². The zero-order chi connectivity index (χ0) is 11.1. The Bertz CT molecular complexity index is 273. The summed E-state index contributed by atoms with van der Waals surface area (Å²) in [6.45, 7) is 5.34. The molecule has 0 fully saturated rings. The van der Waals surface area contributed by atoms with Gasteiger partial charge in [0.2, 0.25) is 0 Å². The first-order valence-corrected chi connectivity index (χ1v) is 5.59. The van der Waals surface area contributed by atoms with E-state index in [1.54, 1.807) is 0 Å². The Morgan fingerprint density at radius 2 is 1.65 bits per heavy atom. The Labute approximate surface area is 118 Å². The van der Waals surface area contributed by atoms with E-state index in [1.807, 2.05) is 0 Å². The van der Waals surface area contributed by atoms with Crippen molar-refractivity contribution in [2.75, 3.05) is 27.2 Å². The molecular weight excluding hydrogens is 255 g/mol. The largest absolute Gasteiger partial charge is 0.313 e. The number of rotatable bonds is 6. The molecule has 0 radical (unpaired) electrons. The Kier molecular flexibility index (Phi) is 12.2. The molecule has 1 rings (SSSR count). The molecule has 0 aliphatic rings. The van der Waals surface area contributed by atoms with Crippen LogP contribution in [0.5, 0.6) is 0 Å². The van der Waals surface area contributed by atoms with E-state index < -0.39 is 0 Å². The van der Waals surface area contributed by atoms with Crippen LogP contribution in [0.2, 0.25) is 0 Å². The zero-order valence-electron chi connectivity index (χ0n) is 10.9. The molecule has 0 amide bonds. The number of halogens is 2. The van der Waals surface area contributed by atoms with Crippen LogP contribution in [0.15, 0.2) is 24.3 Å². The van der Waals surface area contributed by atoms with E-state index in [-0.39, 0.29) is 24.8 Å². The maximum atomic E-state index is 3.45. The summed E-state index contributed by atoms with van der Waals surface area (Å²) in [5.74, 6) is 0. The highest BCUT2D eigenvalue weighted by Gasteiger charge is 1.93. The first kappa shape index (κ1) is 19.1. The van der Waals surface area contributed by atoms with Crippen LogP contribution >= 0.6 is 24.8 Å². The molecule has 1 aromatic carbocycles. The number of nitrogens with zero attached hydrogens (tertiary/aromatic N) is 1. The summed E-state index contributed by atoms with van der Waals surface area (Å²) in [7, 11) is 4.22. The first-order chi connectivity index (χ1) is 7.18. The molecule has 1 aromatic rings. The summed E-state index contributed by atoms with van der Waals surface area (Å²) in [5, 5.41) is 3.45. The SMILES string of the molecule is Cc1ccc(CNCCCN(C)C)cc1.Cl.Cl. The van der Waals surface area contributed by atoms with Crippen LogP contribution in [0.4, 0.5) is 0 Å². The van der Waals surface area contributed by atoms with Crippen molar-refractivity contribution in [1.29, 1.82) is 0 Å². The summed E-state index contributed by atoms with van der Waals surface area (Å²) < 4.78 is 0. The summed E-state index contributed by atoms with van der Waals surface area (Å²) in [6, 6.07) is 8.70. The Morgan fingerprint density at radius 1 is 1.06 bits per heavy atom. The first-order valence-electron chi connectivity index (χ1n) is 5.59. The fraction of sp³-hybridized carbons (Fsp3) is 0.538. The number of aryl methyl sites for hydroxylation is 1. The second-order valence-corrected chi connectivity index (χ2v) is 4.32. The van der Waals surface area contributed by atoms with Gasteiger partial charge in [0.1, 0.15) is 0 Å². The average Bonchev–Trinajstić information content (AvgIpc) is 2.20. The predicted molar refractivity (Wildman–Crippen MR) is 80.6 cm³/mol. The summed E-state index contributed by atoms with van der Waals surface area (Å²) in [6.07, 6.45) is 1.21. The van der Waals surface area contributed by atoms with E-state index in [4.69, 9.17) is 0 Å². The lowest BCUT2D eigenvalue weighted by Gasteiger charge is -2.09. The Balaban J connectivity index is 0. The molecule has 100 valence electrons. The third-order valence-corrected chi connectivity index (χ3v) is 2.41. The summed E-state index contributed by atoms with van der Waals surface area (Å²) >= 11 is 0. The van der Waals surface area contributed by atoms with Crippen molar-refractivity contribution in [2.24, 2.45) is 0 Å². The predicted octanol–water partition coefficient (Wildman–Crippen LogP) is 2.88. The molecular formula is C13H24Cl2N2. The van der Waals surface area contributed by atoms with Gasteiger partial charge in [0.05, 0.1) is 0 Å². The molecule has 0 atom stereocenters. The van der Waals surface area contributed by atoms with Crippen molar-refractivity contribution in [3.8, 4) is 0 Å². The molecule has 2 nitrogen and oxygen atoms in total. The second-order valence-electron chi connectivity index (χ2n) is 4.32. The maximum Gasteiger partial charge on any atom is 0.0205 e. The van der Waals surface area contributed by atoms with Crippen LogP contribution in [0.1, 0.15) is 17.5 Å². The molecule has 0 heterocycles. The van der Waals surface area contributed by atoms with Gasteiger partial charge in [-0.15, -0.1) is 24.8 Å². The Morgan fingerprint density at radius 3 is 2.18 bits per heavy atom. The molecule has 0 saturated carbocycles. The van der Waals surface area contributed by atoms with Crippen LogP contribution in [0.3, 0.4) is 0 Å². The van der Waals surface area contributed by atoms with Crippen molar-refractivity contribution in [1.82, 2.24) is 10.2 Å². The molecule has 0 unspecified atom stereocenters. The molecule has 17 heavy (non-hydrogen) atoms. The number of hydrogen-bond donors (Lipinski definition) is 1. The van der Waals surface area contributed by atoms with E-state index in [1.165, 1.54) is 17.5 Å². The Hall–Kier alpha value is -0.280. The zero-order valence-corrected chi connectivity index (χ0v) is 12.5. The third kappa shape index (κ3) is 9.42. The quantitative estimate of drug-likeness (QED) is 0.805. The third-order valence-electron chi connectivity index (χ3n) is 2.41. The van der Waals surface area contributed by atoms with Crippen LogP contribution < -0.4 is 5.32 Å². The monoisotopic (exact) mass is 278 g/mol. The number of benzene rings is 1. The minimum atomic E-state index is 0. The van der Waals surface area contributed by atoms with Gasteiger partial charge in [-0.05, 0) is 46.1 Å². The molecule has 0 bridgehead atoms. The van der Waals surface area contributed by atoms with Gasteiger partial charge >= 0.3 is 0 Å². The van der Waals surface area contributed by atoms with E-state index in [2.05, 4.69) is 55.5 Å². The normalized spacial score (nSPS) is 9.65. The van der Waals surface area contributed by atoms with Gasteiger partial charge in [0.15, 0.2) is 0 Å². The molecule has 0 saturated heterocycles. The molecule has 0 aliphatic carbocycles. The van der Waals surface area contributed by atoms with Gasteiger partial charge in [0.25, 0.3) is 0 Å². The number of nitrogens with one attached hydrogen (secondary N) is 1. The van der Waals surface area contributed by atoms with Crippen molar-refractivity contribution in [3.05, 3.63) is 35.4 Å². The van der Waals surface area contributed by atoms with Crippen LogP contribution in [-0.4, -0.2) is 32.1 Å². The van der Waals surface area contributed by atoms with E-state index in [9.17, 15) is 0 Å². The highest BCUT2D eigenvalue weighted by Crippen LogP contribution is 2.02. The van der Waals surface area contributed by atoms with E-state index in [0.29, 0.717) is 0 Å². The van der Waals surface area contributed by atoms with E-state index in [0.717, 1.165) is 19.6 Å². The lowest BCUT2D eigenvalue weighted by molar-refractivity contribution is 0.394. The van der Waals surface area contributed by atoms with Gasteiger partial charge in [-0.1, -0.05) is 29.8 Å². The fourth-order valence-corrected chi connectivity index (χ4v) is 1.46. The van der Waals surface area contributed by atoms with Gasteiger partial charge in [-0.2, -0.15) is 0 Å². The fourth-order valence-electron chi connectivity index (χ4n) is 1.46. The van der Waals surface area contributed by atoms with Gasteiger partial charge in [-0.3, -0.25) is 0 Å². The number of hydrogen-bond acceptors (Lipinski definition) is 2. The second kappa shape index (κ2) is 10.8.